The molecule has 3 fully saturated rings. The monoisotopic (exact) mass is 376 g/mol. The van der Waals surface area contributed by atoms with Crippen LogP contribution in [0.4, 0.5) is 4.79 Å². The number of hydrogen-bond acceptors (Lipinski definition) is 5. The van der Waals surface area contributed by atoms with Crippen molar-refractivity contribution >= 4 is 17.8 Å². The lowest BCUT2D eigenvalue weighted by Crippen LogP contribution is -2.71. The third-order valence-corrected chi connectivity index (χ3v) is 5.77. The van der Waals surface area contributed by atoms with Crippen LogP contribution in [0.1, 0.15) is 29.9 Å². The van der Waals surface area contributed by atoms with Crippen LogP contribution in [0.5, 0.6) is 0 Å². The summed E-state index contributed by atoms with van der Waals surface area (Å²) in [4.78, 5) is 42.3. The molecule has 1 aromatic rings. The molecule has 4 amide bonds. The van der Waals surface area contributed by atoms with Crippen molar-refractivity contribution < 1.29 is 19.5 Å². The summed E-state index contributed by atoms with van der Waals surface area (Å²) in [5.41, 5.74) is -0.341. The summed E-state index contributed by atoms with van der Waals surface area (Å²) in [6.07, 6.45) is 3.97. The maximum absolute atomic E-state index is 12.8. The van der Waals surface area contributed by atoms with Crippen molar-refractivity contribution in [3.63, 3.8) is 0 Å². The van der Waals surface area contributed by atoms with Crippen molar-refractivity contribution in [2.24, 2.45) is 13.0 Å². The second kappa shape index (κ2) is 6.52. The van der Waals surface area contributed by atoms with E-state index in [-0.39, 0.29) is 35.1 Å². The van der Waals surface area contributed by atoms with Crippen molar-refractivity contribution in [2.75, 3.05) is 19.6 Å². The van der Waals surface area contributed by atoms with Gasteiger partial charge < -0.3 is 30.5 Å². The summed E-state index contributed by atoms with van der Waals surface area (Å²) in [6.45, 7) is 1.52. The lowest BCUT2D eigenvalue weighted by molar-refractivity contribution is -0.145. The summed E-state index contributed by atoms with van der Waals surface area (Å²) in [5.74, 6) is -0.320. The molecule has 10 nitrogen and oxygen atoms in total. The SMILES string of the molecule is Cn1ccnc1C(=O)N[C@@H]1C[C@@H](C(=O)N2CC3(CNC(=O)N3)C2)CC[C@H]1O. The van der Waals surface area contributed by atoms with Crippen LogP contribution < -0.4 is 16.0 Å². The van der Waals surface area contributed by atoms with E-state index in [1.807, 2.05) is 0 Å². The van der Waals surface area contributed by atoms with Crippen LogP contribution in [0.25, 0.3) is 0 Å². The van der Waals surface area contributed by atoms with Gasteiger partial charge in [0.25, 0.3) is 5.91 Å². The number of aromatic nitrogens is 2. The molecule has 2 saturated heterocycles. The first-order valence-corrected chi connectivity index (χ1v) is 9.18. The Balaban J connectivity index is 1.35. The van der Waals surface area contributed by atoms with E-state index in [1.165, 1.54) is 6.20 Å². The zero-order valence-corrected chi connectivity index (χ0v) is 15.1. The number of carbonyl (C=O) groups is 3. The first kappa shape index (κ1) is 17.8. The van der Waals surface area contributed by atoms with Crippen LogP contribution in [-0.2, 0) is 11.8 Å². The van der Waals surface area contributed by atoms with E-state index in [1.54, 1.807) is 22.7 Å². The number of aryl methyl sites for hydroxylation is 1. The van der Waals surface area contributed by atoms with E-state index in [4.69, 9.17) is 0 Å². The number of nitrogens with one attached hydrogen (secondary N) is 3. The molecule has 4 rings (SSSR count). The Morgan fingerprint density at radius 1 is 1.37 bits per heavy atom. The molecular formula is C17H24N6O4. The second-order valence-electron chi connectivity index (χ2n) is 7.80. The third-order valence-electron chi connectivity index (χ3n) is 5.77. The maximum Gasteiger partial charge on any atom is 0.315 e. The van der Waals surface area contributed by atoms with Gasteiger partial charge in [-0.2, -0.15) is 0 Å². The van der Waals surface area contributed by atoms with Crippen LogP contribution >= 0.6 is 0 Å². The number of hydrogen-bond donors (Lipinski definition) is 4. The number of imidazole rings is 1. The molecule has 10 heteroatoms. The lowest BCUT2D eigenvalue weighted by atomic mass is 9.81. The highest BCUT2D eigenvalue weighted by Crippen LogP contribution is 2.31. The van der Waals surface area contributed by atoms with E-state index in [2.05, 4.69) is 20.9 Å². The molecule has 0 aromatic carbocycles. The Labute approximate surface area is 156 Å². The minimum absolute atomic E-state index is 0.0184. The van der Waals surface area contributed by atoms with E-state index in [0.29, 0.717) is 38.9 Å². The zero-order valence-electron chi connectivity index (χ0n) is 15.1. The van der Waals surface area contributed by atoms with Gasteiger partial charge in [0, 0.05) is 45.0 Å². The maximum atomic E-state index is 12.8. The van der Waals surface area contributed by atoms with Gasteiger partial charge in [-0.25, -0.2) is 9.78 Å². The largest absolute Gasteiger partial charge is 0.391 e. The molecule has 1 saturated carbocycles. The zero-order chi connectivity index (χ0) is 19.2. The fraction of sp³-hybridized carbons (Fsp3) is 0.647. The Morgan fingerprint density at radius 3 is 2.78 bits per heavy atom. The average Bonchev–Trinajstić information content (AvgIpc) is 3.20. The molecule has 2 aliphatic heterocycles. The molecule has 3 aliphatic rings. The molecule has 0 unspecified atom stereocenters. The molecule has 27 heavy (non-hydrogen) atoms. The van der Waals surface area contributed by atoms with Crippen LogP contribution in [-0.4, -0.2) is 74.7 Å². The molecule has 1 spiro atoms. The van der Waals surface area contributed by atoms with Gasteiger partial charge >= 0.3 is 6.03 Å². The molecule has 0 radical (unpaired) electrons. The summed E-state index contributed by atoms with van der Waals surface area (Å²) < 4.78 is 1.61. The molecule has 1 aromatic heterocycles. The third kappa shape index (κ3) is 3.25. The molecule has 4 N–H and O–H groups in total. The molecule has 0 bridgehead atoms. The lowest BCUT2D eigenvalue weighted by Gasteiger charge is -2.48. The average molecular weight is 376 g/mol. The molecule has 146 valence electrons. The van der Waals surface area contributed by atoms with Gasteiger partial charge in [0.2, 0.25) is 5.91 Å². The quantitative estimate of drug-likeness (QED) is 0.514. The van der Waals surface area contributed by atoms with Crippen molar-refractivity contribution in [3.05, 3.63) is 18.2 Å². The number of carbonyl (C=O) groups excluding carboxylic acids is 3. The van der Waals surface area contributed by atoms with Gasteiger partial charge in [-0.05, 0) is 19.3 Å². The van der Waals surface area contributed by atoms with Gasteiger partial charge in [-0.3, -0.25) is 9.59 Å². The first-order valence-electron chi connectivity index (χ1n) is 9.18. The van der Waals surface area contributed by atoms with Crippen LogP contribution in [0.2, 0.25) is 0 Å². The number of amides is 4. The summed E-state index contributed by atoms with van der Waals surface area (Å²) in [6, 6.07) is -0.681. The Morgan fingerprint density at radius 2 is 2.15 bits per heavy atom. The van der Waals surface area contributed by atoms with Gasteiger partial charge in [0.1, 0.15) is 0 Å². The highest BCUT2D eigenvalue weighted by Gasteiger charge is 2.51. The second-order valence-corrected chi connectivity index (χ2v) is 7.80. The molecule has 3 atom stereocenters. The number of rotatable bonds is 3. The van der Waals surface area contributed by atoms with E-state index in [9.17, 15) is 19.5 Å². The number of urea groups is 1. The van der Waals surface area contributed by atoms with Crippen molar-refractivity contribution in [3.8, 4) is 0 Å². The summed E-state index contributed by atoms with van der Waals surface area (Å²) >= 11 is 0. The van der Waals surface area contributed by atoms with Crippen molar-refractivity contribution in [1.82, 2.24) is 30.4 Å². The van der Waals surface area contributed by atoms with Gasteiger partial charge in [0.15, 0.2) is 5.82 Å². The fourth-order valence-electron chi connectivity index (χ4n) is 4.22. The molecule has 1 aliphatic carbocycles. The highest BCUT2D eigenvalue weighted by molar-refractivity contribution is 5.91. The minimum Gasteiger partial charge on any atom is -0.391 e. The fourth-order valence-corrected chi connectivity index (χ4v) is 4.22. The smallest absolute Gasteiger partial charge is 0.315 e. The number of nitrogens with zero attached hydrogens (tertiary/aromatic N) is 3. The summed E-state index contributed by atoms with van der Waals surface area (Å²) in [7, 11) is 1.72. The van der Waals surface area contributed by atoms with E-state index in [0.717, 1.165) is 0 Å². The normalized spacial score (nSPS) is 29.0. The van der Waals surface area contributed by atoms with E-state index < -0.39 is 12.1 Å². The summed E-state index contributed by atoms with van der Waals surface area (Å²) in [5, 5.41) is 18.7. The predicted octanol–water partition coefficient (Wildman–Crippen LogP) is -1.43. The van der Waals surface area contributed by atoms with Crippen LogP contribution in [0, 0.1) is 5.92 Å². The highest BCUT2D eigenvalue weighted by atomic mass is 16.3. The van der Waals surface area contributed by atoms with Gasteiger partial charge in [-0.15, -0.1) is 0 Å². The van der Waals surface area contributed by atoms with Gasteiger partial charge in [0.05, 0.1) is 17.7 Å². The predicted molar refractivity (Wildman–Crippen MR) is 93.7 cm³/mol. The molecular weight excluding hydrogens is 352 g/mol. The first-order chi connectivity index (χ1) is 12.9. The Bertz CT molecular complexity index is 771. The van der Waals surface area contributed by atoms with E-state index >= 15 is 0 Å². The Kier molecular flexibility index (Phi) is 4.29. The topological polar surface area (TPSA) is 129 Å². The van der Waals surface area contributed by atoms with Gasteiger partial charge in [-0.1, -0.05) is 0 Å². The molecule has 3 heterocycles. The Hall–Kier alpha value is -2.62. The number of aliphatic hydroxyl groups is 1. The number of aliphatic hydroxyl groups excluding tert-OH is 1. The number of likely N-dealkylation sites (tertiary alicyclic amines) is 1. The minimum atomic E-state index is -0.681. The standard InChI is InChI=1S/C17H24N6O4/c1-22-5-4-18-13(22)14(25)20-11-6-10(2-3-12(11)24)15(26)23-8-17(9-23)7-19-16(27)21-17/h4-5,10-12,24H,2-3,6-9H2,1H3,(H,20,25)(H2,19,21,27)/t10-,11+,12+/m0/s1. The van der Waals surface area contributed by atoms with Crippen molar-refractivity contribution in [1.29, 1.82) is 0 Å². The van der Waals surface area contributed by atoms with Crippen LogP contribution in [0.3, 0.4) is 0 Å². The van der Waals surface area contributed by atoms with Crippen molar-refractivity contribution in [2.45, 2.75) is 36.9 Å². The van der Waals surface area contributed by atoms with Crippen LogP contribution in [0.15, 0.2) is 12.4 Å².